The Morgan fingerprint density at radius 1 is 1.38 bits per heavy atom. The number of hydrogen-bond donors (Lipinski definition) is 1. The van der Waals surface area contributed by atoms with Crippen LogP contribution >= 0.6 is 0 Å². The second kappa shape index (κ2) is 5.36. The third kappa shape index (κ3) is 3.10. The average Bonchev–Trinajstić information content (AvgIpc) is 2.15. The van der Waals surface area contributed by atoms with Crippen LogP contribution in [0, 0.1) is 0 Å². The van der Waals surface area contributed by atoms with Gasteiger partial charge in [-0.1, -0.05) is 13.3 Å². The molecule has 0 amide bonds. The van der Waals surface area contributed by atoms with E-state index >= 15 is 0 Å². The van der Waals surface area contributed by atoms with E-state index in [1.165, 1.54) is 6.92 Å². The molecule has 16 heavy (non-hydrogen) atoms. The van der Waals surface area contributed by atoms with E-state index in [4.69, 9.17) is 5.73 Å². The number of piperidine rings is 1. The highest BCUT2D eigenvalue weighted by Crippen LogP contribution is 2.32. The quantitative estimate of drug-likeness (QED) is 0.818. The van der Waals surface area contributed by atoms with Crippen LogP contribution in [0.15, 0.2) is 0 Å². The van der Waals surface area contributed by atoms with Crippen LogP contribution in [-0.2, 0) is 0 Å². The molecular weight excluding hydrogens is 217 g/mol. The molecule has 0 aromatic carbocycles. The normalized spacial score (nSPS) is 27.8. The van der Waals surface area contributed by atoms with Gasteiger partial charge in [0.1, 0.15) is 6.04 Å². The van der Waals surface area contributed by atoms with Crippen molar-refractivity contribution in [3.05, 3.63) is 0 Å². The minimum atomic E-state index is -4.22. The molecule has 1 aliphatic rings. The molecule has 1 fully saturated rings. The number of hydrogen-bond acceptors (Lipinski definition) is 2. The maximum atomic E-state index is 12.9. The summed E-state index contributed by atoms with van der Waals surface area (Å²) in [6.45, 7) is 3.90. The Bertz CT molecular complexity index is 216. The first kappa shape index (κ1) is 13.8. The fourth-order valence-electron chi connectivity index (χ4n) is 2.62. The van der Waals surface area contributed by atoms with E-state index in [-0.39, 0.29) is 6.04 Å². The SMILES string of the molecule is CCC1CCCCN1C(C(C)N)C(F)(F)F. The molecular formula is C11H21F3N2. The van der Waals surface area contributed by atoms with Crippen LogP contribution < -0.4 is 5.73 Å². The summed E-state index contributed by atoms with van der Waals surface area (Å²) in [6, 6.07) is -2.32. The van der Waals surface area contributed by atoms with E-state index in [0.717, 1.165) is 25.7 Å². The van der Waals surface area contributed by atoms with Crippen LogP contribution in [0.2, 0.25) is 0 Å². The number of alkyl halides is 3. The molecule has 0 bridgehead atoms. The van der Waals surface area contributed by atoms with Gasteiger partial charge in [-0.05, 0) is 32.7 Å². The zero-order chi connectivity index (χ0) is 12.3. The number of likely N-dealkylation sites (tertiary alicyclic amines) is 1. The molecule has 3 unspecified atom stereocenters. The molecule has 2 N–H and O–H groups in total. The Labute approximate surface area is 95.0 Å². The fourth-order valence-corrected chi connectivity index (χ4v) is 2.62. The Hall–Kier alpha value is -0.290. The highest BCUT2D eigenvalue weighted by Gasteiger charge is 2.47. The molecule has 1 aliphatic heterocycles. The molecule has 1 saturated heterocycles. The second-order valence-electron chi connectivity index (χ2n) is 4.64. The Kier molecular flexibility index (Phi) is 4.62. The zero-order valence-corrected chi connectivity index (χ0v) is 9.93. The van der Waals surface area contributed by atoms with Crippen molar-refractivity contribution >= 4 is 0 Å². The molecule has 5 heteroatoms. The van der Waals surface area contributed by atoms with Gasteiger partial charge in [0.05, 0.1) is 0 Å². The van der Waals surface area contributed by atoms with E-state index in [9.17, 15) is 13.2 Å². The van der Waals surface area contributed by atoms with Gasteiger partial charge >= 0.3 is 6.18 Å². The second-order valence-corrected chi connectivity index (χ2v) is 4.64. The standard InChI is InChI=1S/C11H21F3N2/c1-3-9-6-4-5-7-16(9)10(8(2)15)11(12,13)14/h8-10H,3-7,15H2,1-2H3. The van der Waals surface area contributed by atoms with E-state index in [2.05, 4.69) is 0 Å². The van der Waals surface area contributed by atoms with Gasteiger partial charge in [-0.15, -0.1) is 0 Å². The first-order valence-corrected chi connectivity index (χ1v) is 5.96. The summed E-state index contributed by atoms with van der Waals surface area (Å²) >= 11 is 0. The van der Waals surface area contributed by atoms with Crippen LogP contribution in [0.25, 0.3) is 0 Å². The van der Waals surface area contributed by atoms with Crippen LogP contribution in [-0.4, -0.2) is 35.7 Å². The fraction of sp³-hybridized carbons (Fsp3) is 1.00. The zero-order valence-electron chi connectivity index (χ0n) is 9.93. The van der Waals surface area contributed by atoms with E-state index in [1.807, 2.05) is 6.92 Å². The molecule has 0 spiro atoms. The molecule has 1 heterocycles. The number of nitrogens with zero attached hydrogens (tertiary/aromatic N) is 1. The first-order chi connectivity index (χ1) is 7.38. The predicted octanol–water partition coefficient (Wildman–Crippen LogP) is 2.53. The van der Waals surface area contributed by atoms with Crippen LogP contribution in [0.3, 0.4) is 0 Å². The number of halogens is 3. The van der Waals surface area contributed by atoms with Crippen molar-refractivity contribution in [2.24, 2.45) is 5.73 Å². The summed E-state index contributed by atoms with van der Waals surface area (Å²) in [5.74, 6) is 0. The van der Waals surface area contributed by atoms with Gasteiger partial charge in [0, 0.05) is 12.1 Å². The van der Waals surface area contributed by atoms with Crippen LogP contribution in [0.5, 0.6) is 0 Å². The van der Waals surface area contributed by atoms with Crippen molar-refractivity contribution in [3.8, 4) is 0 Å². The predicted molar refractivity (Wildman–Crippen MR) is 58.1 cm³/mol. The van der Waals surface area contributed by atoms with Gasteiger partial charge in [-0.2, -0.15) is 13.2 Å². The lowest BCUT2D eigenvalue weighted by Gasteiger charge is -2.43. The Morgan fingerprint density at radius 3 is 2.44 bits per heavy atom. The molecule has 0 radical (unpaired) electrons. The summed E-state index contributed by atoms with van der Waals surface area (Å²) in [5, 5.41) is 0. The minimum absolute atomic E-state index is 0.0337. The number of nitrogens with two attached hydrogens (primary N) is 1. The molecule has 1 rings (SSSR count). The average molecular weight is 238 g/mol. The smallest absolute Gasteiger partial charge is 0.326 e. The van der Waals surface area contributed by atoms with Gasteiger partial charge in [-0.25, -0.2) is 0 Å². The monoisotopic (exact) mass is 238 g/mol. The van der Waals surface area contributed by atoms with Gasteiger partial charge < -0.3 is 5.73 Å². The topological polar surface area (TPSA) is 29.3 Å². The number of rotatable bonds is 3. The Morgan fingerprint density at radius 2 is 2.00 bits per heavy atom. The molecule has 0 aromatic heterocycles. The first-order valence-electron chi connectivity index (χ1n) is 5.96. The summed E-state index contributed by atoms with van der Waals surface area (Å²) in [6.07, 6.45) is -0.734. The molecule has 3 atom stereocenters. The van der Waals surface area contributed by atoms with Gasteiger partial charge in [-0.3, -0.25) is 4.90 Å². The lowest BCUT2D eigenvalue weighted by atomic mass is 9.95. The third-order valence-corrected chi connectivity index (χ3v) is 3.33. The summed E-state index contributed by atoms with van der Waals surface area (Å²) in [4.78, 5) is 1.56. The molecule has 0 saturated carbocycles. The van der Waals surface area contributed by atoms with E-state index in [0.29, 0.717) is 6.54 Å². The highest BCUT2D eigenvalue weighted by atomic mass is 19.4. The minimum Gasteiger partial charge on any atom is -0.326 e. The summed E-state index contributed by atoms with van der Waals surface area (Å²) < 4.78 is 38.8. The van der Waals surface area contributed by atoms with Gasteiger partial charge in [0.2, 0.25) is 0 Å². The van der Waals surface area contributed by atoms with Crippen molar-refractivity contribution in [1.29, 1.82) is 0 Å². The third-order valence-electron chi connectivity index (χ3n) is 3.33. The molecule has 0 aliphatic carbocycles. The lowest BCUT2D eigenvalue weighted by molar-refractivity contribution is -0.197. The summed E-state index contributed by atoms with van der Waals surface area (Å²) in [5.41, 5.74) is 5.51. The molecule has 2 nitrogen and oxygen atoms in total. The van der Waals surface area contributed by atoms with E-state index in [1.54, 1.807) is 4.90 Å². The van der Waals surface area contributed by atoms with Crippen molar-refractivity contribution in [2.45, 2.75) is 63.8 Å². The van der Waals surface area contributed by atoms with Crippen molar-refractivity contribution < 1.29 is 13.2 Å². The Balaban J connectivity index is 2.83. The van der Waals surface area contributed by atoms with Crippen molar-refractivity contribution in [2.75, 3.05) is 6.54 Å². The summed E-state index contributed by atoms with van der Waals surface area (Å²) in [7, 11) is 0. The van der Waals surface area contributed by atoms with Gasteiger partial charge in [0.25, 0.3) is 0 Å². The molecule has 96 valence electrons. The van der Waals surface area contributed by atoms with E-state index < -0.39 is 18.3 Å². The van der Waals surface area contributed by atoms with Crippen molar-refractivity contribution in [1.82, 2.24) is 4.90 Å². The maximum absolute atomic E-state index is 12.9. The maximum Gasteiger partial charge on any atom is 0.405 e. The van der Waals surface area contributed by atoms with Gasteiger partial charge in [0.15, 0.2) is 0 Å². The van der Waals surface area contributed by atoms with Crippen molar-refractivity contribution in [3.63, 3.8) is 0 Å². The van der Waals surface area contributed by atoms with Crippen LogP contribution in [0.4, 0.5) is 13.2 Å². The van der Waals surface area contributed by atoms with Crippen LogP contribution in [0.1, 0.15) is 39.5 Å². The highest BCUT2D eigenvalue weighted by molar-refractivity contribution is 4.90. The largest absolute Gasteiger partial charge is 0.405 e. The lowest BCUT2D eigenvalue weighted by Crippen LogP contribution is -2.59. The molecule has 0 aromatic rings.